The van der Waals surface area contributed by atoms with Gasteiger partial charge in [-0.1, -0.05) is 11.6 Å². The van der Waals surface area contributed by atoms with E-state index in [0.717, 1.165) is 6.07 Å². The largest absolute Gasteiger partial charge is 0.417 e. The highest BCUT2D eigenvalue weighted by Gasteiger charge is 2.35. The van der Waals surface area contributed by atoms with Crippen LogP contribution in [0.15, 0.2) is 23.1 Å². The topological polar surface area (TPSA) is 49.3 Å². The molecule has 2 unspecified atom stereocenters. The van der Waals surface area contributed by atoms with E-state index in [1.54, 1.807) is 6.92 Å². The van der Waals surface area contributed by atoms with E-state index >= 15 is 0 Å². The summed E-state index contributed by atoms with van der Waals surface area (Å²) in [4.78, 5) is -0.334. The first-order valence-corrected chi connectivity index (χ1v) is 7.16. The van der Waals surface area contributed by atoms with Gasteiger partial charge in [-0.15, -0.1) is 0 Å². The Bertz CT molecular complexity index is 509. The van der Waals surface area contributed by atoms with Crippen molar-refractivity contribution in [2.45, 2.75) is 50.4 Å². The van der Waals surface area contributed by atoms with Crippen LogP contribution in [-0.2, 0) is 17.2 Å². The van der Waals surface area contributed by atoms with Crippen molar-refractivity contribution in [3.63, 3.8) is 0 Å². The zero-order valence-corrected chi connectivity index (χ0v) is 12.5. The molecule has 0 aliphatic carbocycles. The highest BCUT2D eigenvalue weighted by molar-refractivity contribution is 7.83. The maximum atomic E-state index is 12.9. The lowest BCUT2D eigenvalue weighted by atomic mass is 10.0. The van der Waals surface area contributed by atoms with Crippen molar-refractivity contribution in [3.05, 3.63) is 29.3 Å². The number of halogens is 3. The normalized spacial score (nSPS) is 16.0. The molecule has 0 radical (unpaired) electrons. The second-order valence-corrected chi connectivity index (χ2v) is 6.47. The summed E-state index contributed by atoms with van der Waals surface area (Å²) in [6.07, 6.45) is -4.57. The van der Waals surface area contributed by atoms with E-state index in [1.165, 1.54) is 32.9 Å². The molecule has 2 N–H and O–H groups in total. The zero-order valence-electron chi connectivity index (χ0n) is 11.7. The molecule has 114 valence electrons. The third kappa shape index (κ3) is 4.29. The summed E-state index contributed by atoms with van der Waals surface area (Å²) in [6.45, 7) is 6.07. The van der Waals surface area contributed by atoms with Crippen LogP contribution in [0.25, 0.3) is 0 Å². The van der Waals surface area contributed by atoms with E-state index in [0.29, 0.717) is 5.56 Å². The van der Waals surface area contributed by atoms with E-state index < -0.39 is 34.4 Å². The third-order valence-corrected chi connectivity index (χ3v) is 4.31. The van der Waals surface area contributed by atoms with E-state index in [9.17, 15) is 22.5 Å². The van der Waals surface area contributed by atoms with Gasteiger partial charge in [0.25, 0.3) is 0 Å². The van der Waals surface area contributed by atoms with Crippen molar-refractivity contribution in [1.29, 1.82) is 0 Å². The Kier molecular flexibility index (Phi) is 4.99. The van der Waals surface area contributed by atoms with Crippen LogP contribution in [0.2, 0.25) is 0 Å². The maximum Gasteiger partial charge on any atom is 0.417 e. The number of benzene rings is 1. The molecule has 20 heavy (non-hydrogen) atoms. The molecule has 0 aliphatic rings. The van der Waals surface area contributed by atoms with Gasteiger partial charge in [-0.2, -0.15) is 13.2 Å². The number of hydrogen-bond acceptors (Lipinski definition) is 2. The van der Waals surface area contributed by atoms with Gasteiger partial charge in [0, 0.05) is 6.04 Å². The van der Waals surface area contributed by atoms with Gasteiger partial charge in [0.05, 0.1) is 16.1 Å². The van der Waals surface area contributed by atoms with E-state index in [4.69, 9.17) is 0 Å². The molecule has 7 heteroatoms. The maximum absolute atomic E-state index is 12.9. The first-order chi connectivity index (χ1) is 8.93. The second-order valence-electron chi connectivity index (χ2n) is 5.26. The Morgan fingerprint density at radius 3 is 2.30 bits per heavy atom. The molecule has 1 aromatic rings. The van der Waals surface area contributed by atoms with Crippen molar-refractivity contribution in [1.82, 2.24) is 4.72 Å². The monoisotopic (exact) mass is 309 g/mol. The minimum absolute atomic E-state index is 0.334. The Balaban J connectivity index is 3.11. The number of aliphatic hydroxyl groups is 1. The molecule has 0 aromatic heterocycles. The van der Waals surface area contributed by atoms with Crippen LogP contribution in [-0.4, -0.2) is 21.0 Å². The molecule has 0 amide bonds. The zero-order chi connectivity index (χ0) is 15.7. The summed E-state index contributed by atoms with van der Waals surface area (Å²) in [5, 5.41) is 9.74. The fourth-order valence-corrected chi connectivity index (χ4v) is 2.70. The van der Waals surface area contributed by atoms with Gasteiger partial charge in [-0.05, 0) is 39.8 Å². The van der Waals surface area contributed by atoms with Gasteiger partial charge >= 0.3 is 6.18 Å². The van der Waals surface area contributed by atoms with Crippen LogP contribution < -0.4 is 4.72 Å². The molecule has 0 fully saturated rings. The van der Waals surface area contributed by atoms with Gasteiger partial charge in [-0.25, -0.2) is 8.93 Å². The molecule has 0 saturated carbocycles. The molecule has 0 bridgehead atoms. The highest BCUT2D eigenvalue weighted by atomic mass is 32.2. The van der Waals surface area contributed by atoms with Crippen LogP contribution in [0.5, 0.6) is 0 Å². The number of nitrogens with one attached hydrogen (secondary N) is 1. The molecular weight excluding hydrogens is 291 g/mol. The molecule has 3 nitrogen and oxygen atoms in total. The minimum Gasteiger partial charge on any atom is -0.389 e. The van der Waals surface area contributed by atoms with Crippen LogP contribution in [0.3, 0.4) is 0 Å². The molecule has 0 heterocycles. The molecule has 2 atom stereocenters. The van der Waals surface area contributed by atoms with Crippen molar-refractivity contribution >= 4 is 11.0 Å². The quantitative estimate of drug-likeness (QED) is 0.898. The average molecular weight is 309 g/mol. The first kappa shape index (κ1) is 17.1. The Morgan fingerprint density at radius 2 is 1.85 bits per heavy atom. The van der Waals surface area contributed by atoms with Gasteiger partial charge in [0.1, 0.15) is 11.0 Å². The summed E-state index contributed by atoms with van der Waals surface area (Å²) in [5.74, 6) is 0. The van der Waals surface area contributed by atoms with Crippen LogP contribution >= 0.6 is 0 Å². The number of hydrogen-bond donors (Lipinski definition) is 2. The fraction of sp³-hybridized carbons (Fsp3) is 0.538. The second kappa shape index (κ2) is 5.83. The summed E-state index contributed by atoms with van der Waals surface area (Å²) in [7, 11) is -2.06. The summed E-state index contributed by atoms with van der Waals surface area (Å²) < 4.78 is 53.4. The molecule has 0 aliphatic heterocycles. The van der Waals surface area contributed by atoms with E-state index in [-0.39, 0.29) is 4.90 Å². The molecule has 0 saturated heterocycles. The minimum atomic E-state index is -4.57. The Hall–Kier alpha value is -0.920. The third-order valence-electron chi connectivity index (χ3n) is 2.98. The Morgan fingerprint density at radius 1 is 1.30 bits per heavy atom. The highest BCUT2D eigenvalue weighted by Crippen LogP contribution is 2.34. The standard InChI is InChI=1S/C13H18F3NO2S/c1-8-5-6-11(10(7-8)13(14,15)16)20(19)17-9(2)12(3,4)18/h5-7,9,17-18H,1-4H3. The van der Waals surface area contributed by atoms with Gasteiger partial charge in [0.2, 0.25) is 0 Å². The van der Waals surface area contributed by atoms with Crippen LogP contribution in [0, 0.1) is 6.92 Å². The van der Waals surface area contributed by atoms with Gasteiger partial charge < -0.3 is 5.11 Å². The van der Waals surface area contributed by atoms with Gasteiger partial charge in [0.15, 0.2) is 0 Å². The van der Waals surface area contributed by atoms with Crippen LogP contribution in [0.4, 0.5) is 13.2 Å². The van der Waals surface area contributed by atoms with E-state index in [2.05, 4.69) is 4.72 Å². The first-order valence-electron chi connectivity index (χ1n) is 6.01. The summed E-state index contributed by atoms with van der Waals surface area (Å²) in [6, 6.07) is 2.99. The predicted octanol–water partition coefficient (Wildman–Crippen LogP) is 2.79. The lowest BCUT2D eigenvalue weighted by molar-refractivity contribution is -0.139. The smallest absolute Gasteiger partial charge is 0.389 e. The van der Waals surface area contributed by atoms with Crippen molar-refractivity contribution < 1.29 is 22.5 Å². The van der Waals surface area contributed by atoms with Crippen molar-refractivity contribution in [2.75, 3.05) is 0 Å². The number of aryl methyl sites for hydroxylation is 1. The average Bonchev–Trinajstić information content (AvgIpc) is 2.26. The van der Waals surface area contributed by atoms with Crippen molar-refractivity contribution in [3.8, 4) is 0 Å². The van der Waals surface area contributed by atoms with Crippen molar-refractivity contribution in [2.24, 2.45) is 0 Å². The SMILES string of the molecule is Cc1ccc(S(=O)NC(C)C(C)(C)O)c(C(F)(F)F)c1. The molecule has 0 spiro atoms. The summed E-state index contributed by atoms with van der Waals surface area (Å²) >= 11 is 0. The fourth-order valence-electron chi connectivity index (χ4n) is 1.40. The molecular formula is C13H18F3NO2S. The van der Waals surface area contributed by atoms with E-state index in [1.807, 2.05) is 0 Å². The lowest BCUT2D eigenvalue weighted by Gasteiger charge is -2.26. The Labute approximate surface area is 118 Å². The predicted molar refractivity (Wildman–Crippen MR) is 71.5 cm³/mol. The number of alkyl halides is 3. The lowest BCUT2D eigenvalue weighted by Crippen LogP contribution is -2.45. The molecule has 1 aromatic carbocycles. The molecule has 1 rings (SSSR count). The van der Waals surface area contributed by atoms with Gasteiger partial charge in [-0.3, -0.25) is 0 Å². The number of rotatable bonds is 4. The van der Waals surface area contributed by atoms with Crippen LogP contribution in [0.1, 0.15) is 31.9 Å². The summed E-state index contributed by atoms with van der Waals surface area (Å²) in [5.41, 5.74) is -1.68.